The van der Waals surface area contributed by atoms with Crippen molar-refractivity contribution in [1.82, 2.24) is 9.29 Å². The molecule has 0 bridgehead atoms. The number of methoxy groups -OCH3 is 1. The molecule has 0 unspecified atom stereocenters. The Bertz CT molecular complexity index is 516. The predicted octanol–water partition coefficient (Wildman–Crippen LogP) is 0.839. The highest BCUT2D eigenvalue weighted by molar-refractivity contribution is 7.89. The Kier molecular flexibility index (Phi) is 6.60. The van der Waals surface area contributed by atoms with E-state index < -0.39 is 16.0 Å². The van der Waals surface area contributed by atoms with Gasteiger partial charge in [0.25, 0.3) is 0 Å². The lowest BCUT2D eigenvalue weighted by Gasteiger charge is -2.19. The van der Waals surface area contributed by atoms with Gasteiger partial charge in [-0.25, -0.2) is 12.7 Å². The molecule has 112 valence electrons. The monoisotopic (exact) mass is 300 g/mol. The summed E-state index contributed by atoms with van der Waals surface area (Å²) in [5, 5.41) is 0. The smallest absolute Gasteiger partial charge is 0.306 e. The van der Waals surface area contributed by atoms with E-state index in [1.807, 2.05) is 6.07 Å². The van der Waals surface area contributed by atoms with Crippen LogP contribution in [0.4, 0.5) is 0 Å². The summed E-state index contributed by atoms with van der Waals surface area (Å²) >= 11 is 0. The molecule has 0 aliphatic carbocycles. The van der Waals surface area contributed by atoms with Gasteiger partial charge in [0, 0.05) is 31.4 Å². The van der Waals surface area contributed by atoms with Crippen LogP contribution in [0.25, 0.3) is 0 Å². The van der Waals surface area contributed by atoms with E-state index in [-0.39, 0.29) is 18.7 Å². The Hall–Kier alpha value is -1.47. The first kappa shape index (κ1) is 16.6. The average molecular weight is 300 g/mol. The van der Waals surface area contributed by atoms with E-state index in [0.717, 1.165) is 5.69 Å². The molecule has 1 rings (SSSR count). The number of ether oxygens (including phenoxy) is 1. The van der Waals surface area contributed by atoms with Gasteiger partial charge in [0.1, 0.15) is 0 Å². The minimum absolute atomic E-state index is 0.0149. The molecule has 0 fully saturated rings. The van der Waals surface area contributed by atoms with Crippen molar-refractivity contribution < 1.29 is 17.9 Å². The minimum Gasteiger partial charge on any atom is -0.469 e. The number of nitrogens with zero attached hydrogens (tertiary/aromatic N) is 2. The molecule has 1 aromatic rings. The van der Waals surface area contributed by atoms with E-state index in [2.05, 4.69) is 9.72 Å². The largest absolute Gasteiger partial charge is 0.469 e. The zero-order chi connectivity index (χ0) is 15.0. The van der Waals surface area contributed by atoms with Crippen molar-refractivity contribution in [3.8, 4) is 0 Å². The maximum absolute atomic E-state index is 12.2. The van der Waals surface area contributed by atoms with Crippen molar-refractivity contribution >= 4 is 16.0 Å². The fourth-order valence-electron chi connectivity index (χ4n) is 1.72. The molecule has 0 spiro atoms. The third kappa shape index (κ3) is 5.26. The van der Waals surface area contributed by atoms with Crippen LogP contribution in [0.15, 0.2) is 24.4 Å². The zero-order valence-electron chi connectivity index (χ0n) is 11.8. The third-order valence-electron chi connectivity index (χ3n) is 2.88. The topological polar surface area (TPSA) is 76.6 Å². The quantitative estimate of drug-likeness (QED) is 0.665. The van der Waals surface area contributed by atoms with Crippen LogP contribution < -0.4 is 0 Å². The Balaban J connectivity index is 2.58. The average Bonchev–Trinajstić information content (AvgIpc) is 2.46. The molecule has 7 heteroatoms. The second kappa shape index (κ2) is 7.96. The first-order valence-electron chi connectivity index (χ1n) is 6.44. The molecule has 20 heavy (non-hydrogen) atoms. The van der Waals surface area contributed by atoms with Crippen LogP contribution in [0.1, 0.15) is 19.0 Å². The fraction of sp³-hybridized carbons (Fsp3) is 0.538. The van der Waals surface area contributed by atoms with Crippen LogP contribution in [0.5, 0.6) is 0 Å². The summed E-state index contributed by atoms with van der Waals surface area (Å²) in [5.74, 6) is -0.428. The Morgan fingerprint density at radius 2 is 2.15 bits per heavy atom. The maximum Gasteiger partial charge on any atom is 0.306 e. The number of carbonyl (C=O) groups is 1. The summed E-state index contributed by atoms with van der Waals surface area (Å²) in [4.78, 5) is 15.2. The highest BCUT2D eigenvalue weighted by Crippen LogP contribution is 2.06. The van der Waals surface area contributed by atoms with Gasteiger partial charge in [-0.1, -0.05) is 13.0 Å². The summed E-state index contributed by atoms with van der Waals surface area (Å²) < 4.78 is 30.2. The SMILES string of the molecule is CCN(CCC(=O)OC)S(=O)(=O)CCc1ccccn1. The van der Waals surface area contributed by atoms with Gasteiger partial charge in [0.05, 0.1) is 19.3 Å². The van der Waals surface area contributed by atoms with Gasteiger partial charge in [0.2, 0.25) is 10.0 Å². The van der Waals surface area contributed by atoms with Crippen LogP contribution in [0.2, 0.25) is 0 Å². The minimum atomic E-state index is -3.39. The highest BCUT2D eigenvalue weighted by atomic mass is 32.2. The molecule has 6 nitrogen and oxygen atoms in total. The number of sulfonamides is 1. The molecule has 0 aromatic carbocycles. The van der Waals surface area contributed by atoms with Crippen molar-refractivity contribution in [2.24, 2.45) is 0 Å². The molecule has 1 heterocycles. The molecule has 0 radical (unpaired) electrons. The lowest BCUT2D eigenvalue weighted by molar-refractivity contribution is -0.140. The lowest BCUT2D eigenvalue weighted by Crippen LogP contribution is -2.35. The van der Waals surface area contributed by atoms with Crippen LogP contribution in [0, 0.1) is 0 Å². The van der Waals surface area contributed by atoms with Gasteiger partial charge < -0.3 is 4.74 Å². The number of carbonyl (C=O) groups excluding carboxylic acids is 1. The van der Waals surface area contributed by atoms with Gasteiger partial charge in [-0.15, -0.1) is 0 Å². The van der Waals surface area contributed by atoms with E-state index >= 15 is 0 Å². The van der Waals surface area contributed by atoms with Crippen LogP contribution in [-0.2, 0) is 26.0 Å². The first-order chi connectivity index (χ1) is 9.49. The van der Waals surface area contributed by atoms with Crippen molar-refractivity contribution in [1.29, 1.82) is 0 Å². The number of aromatic nitrogens is 1. The molecular weight excluding hydrogens is 280 g/mol. The summed E-state index contributed by atoms with van der Waals surface area (Å²) in [7, 11) is -2.10. The van der Waals surface area contributed by atoms with Gasteiger partial charge in [0.15, 0.2) is 0 Å². The fourth-order valence-corrected chi connectivity index (χ4v) is 3.21. The molecular formula is C13H20N2O4S. The Morgan fingerprint density at radius 1 is 1.40 bits per heavy atom. The number of hydrogen-bond donors (Lipinski definition) is 0. The Morgan fingerprint density at radius 3 is 2.70 bits per heavy atom. The molecule has 0 saturated carbocycles. The molecule has 0 aliphatic rings. The van der Waals surface area contributed by atoms with Gasteiger partial charge in [-0.05, 0) is 12.1 Å². The molecule has 0 saturated heterocycles. The van der Waals surface area contributed by atoms with Crippen molar-refractivity contribution in [2.45, 2.75) is 19.8 Å². The number of rotatable bonds is 8. The van der Waals surface area contributed by atoms with E-state index in [4.69, 9.17) is 0 Å². The van der Waals surface area contributed by atoms with E-state index in [0.29, 0.717) is 13.0 Å². The van der Waals surface area contributed by atoms with Crippen molar-refractivity contribution in [3.63, 3.8) is 0 Å². The summed E-state index contributed by atoms with van der Waals surface area (Å²) in [5.41, 5.74) is 0.736. The van der Waals surface area contributed by atoms with Crippen LogP contribution in [-0.4, -0.2) is 49.6 Å². The second-order valence-electron chi connectivity index (χ2n) is 4.20. The van der Waals surface area contributed by atoms with E-state index in [1.165, 1.54) is 11.4 Å². The number of aryl methyl sites for hydroxylation is 1. The van der Waals surface area contributed by atoms with E-state index in [1.54, 1.807) is 25.3 Å². The summed E-state index contributed by atoms with van der Waals surface area (Å²) in [6.45, 7) is 2.23. The number of hydrogen-bond acceptors (Lipinski definition) is 5. The summed E-state index contributed by atoms with van der Waals surface area (Å²) in [6.07, 6.45) is 2.06. The van der Waals surface area contributed by atoms with Crippen molar-refractivity contribution in [2.75, 3.05) is 26.0 Å². The molecule has 0 atom stereocenters. The van der Waals surface area contributed by atoms with Gasteiger partial charge >= 0.3 is 5.97 Å². The van der Waals surface area contributed by atoms with Crippen molar-refractivity contribution in [3.05, 3.63) is 30.1 Å². The maximum atomic E-state index is 12.2. The zero-order valence-corrected chi connectivity index (χ0v) is 12.6. The predicted molar refractivity (Wildman–Crippen MR) is 75.6 cm³/mol. The standard InChI is InChI=1S/C13H20N2O4S/c1-3-15(10-7-13(16)19-2)20(17,18)11-8-12-6-4-5-9-14-12/h4-6,9H,3,7-8,10-11H2,1-2H3. The van der Waals surface area contributed by atoms with E-state index in [9.17, 15) is 13.2 Å². The van der Waals surface area contributed by atoms with Gasteiger partial charge in [-0.2, -0.15) is 0 Å². The summed E-state index contributed by atoms with van der Waals surface area (Å²) in [6, 6.07) is 5.40. The second-order valence-corrected chi connectivity index (χ2v) is 6.29. The molecule has 0 amide bonds. The highest BCUT2D eigenvalue weighted by Gasteiger charge is 2.21. The third-order valence-corrected chi connectivity index (χ3v) is 4.83. The van der Waals surface area contributed by atoms with Gasteiger partial charge in [-0.3, -0.25) is 9.78 Å². The first-order valence-corrected chi connectivity index (χ1v) is 8.05. The van der Waals surface area contributed by atoms with Crippen LogP contribution >= 0.6 is 0 Å². The number of pyridine rings is 1. The lowest BCUT2D eigenvalue weighted by atomic mass is 10.3. The molecule has 1 aromatic heterocycles. The molecule has 0 N–H and O–H groups in total. The normalized spacial score (nSPS) is 11.6. The van der Waals surface area contributed by atoms with Crippen LogP contribution in [0.3, 0.4) is 0 Å². The molecule has 0 aliphatic heterocycles. The Labute approximate surface area is 119 Å². The number of esters is 1.